The monoisotopic (exact) mass is 317 g/mol. The number of hydrogen-bond donors (Lipinski definition) is 2. The van der Waals surface area contributed by atoms with E-state index in [1.807, 2.05) is 26.8 Å². The number of carbonyl (C=O) groups excluding carboxylic acids is 1. The second kappa shape index (κ2) is 6.07. The molecule has 5 heteroatoms. The van der Waals surface area contributed by atoms with Gasteiger partial charge in [-0.1, -0.05) is 39.0 Å². The second-order valence-corrected chi connectivity index (χ2v) is 7.01. The second-order valence-electron chi connectivity index (χ2n) is 7.01. The number of phenolic OH excluding ortho intramolecular Hbond substituents is 1. The maximum Gasteiger partial charge on any atom is 0.407 e. The number of amides is 1. The number of aromatic hydroxyl groups is 1. The predicted octanol–water partition coefficient (Wildman–Crippen LogP) is 3.78. The van der Waals surface area contributed by atoms with E-state index in [1.54, 1.807) is 18.2 Å². The molecule has 124 valence electrons. The van der Waals surface area contributed by atoms with Crippen molar-refractivity contribution in [1.82, 2.24) is 4.90 Å². The van der Waals surface area contributed by atoms with Gasteiger partial charge in [0.15, 0.2) is 5.78 Å². The highest BCUT2D eigenvalue weighted by Crippen LogP contribution is 2.39. The molecule has 0 aliphatic carbocycles. The molecular formula is C18H23NO4. The molecule has 0 spiro atoms. The molecular weight excluding hydrogens is 294 g/mol. The highest BCUT2D eigenvalue weighted by molar-refractivity contribution is 5.98. The Kier molecular flexibility index (Phi) is 4.50. The van der Waals surface area contributed by atoms with E-state index < -0.39 is 6.09 Å². The summed E-state index contributed by atoms with van der Waals surface area (Å²) in [5.74, 6) is -0.219. The van der Waals surface area contributed by atoms with Gasteiger partial charge in [-0.2, -0.15) is 0 Å². The van der Waals surface area contributed by atoms with Gasteiger partial charge in [-0.05, 0) is 30.4 Å². The number of carbonyl (C=O) groups is 2. The minimum atomic E-state index is -0.943. The first-order valence-corrected chi connectivity index (χ1v) is 7.64. The molecule has 1 aliphatic heterocycles. The summed E-state index contributed by atoms with van der Waals surface area (Å²) in [5, 5.41) is 19.8. The average molecular weight is 317 g/mol. The minimum Gasteiger partial charge on any atom is -0.507 e. The van der Waals surface area contributed by atoms with Crippen LogP contribution in [0.25, 0.3) is 5.57 Å². The Hall–Kier alpha value is -2.30. The lowest BCUT2D eigenvalue weighted by molar-refractivity contribution is 0.0884. The van der Waals surface area contributed by atoms with Gasteiger partial charge >= 0.3 is 6.09 Å². The molecule has 0 bridgehead atoms. The van der Waals surface area contributed by atoms with Crippen LogP contribution in [0.2, 0.25) is 0 Å². The lowest BCUT2D eigenvalue weighted by Crippen LogP contribution is -2.48. The average Bonchev–Trinajstić information content (AvgIpc) is 2.45. The van der Waals surface area contributed by atoms with E-state index >= 15 is 0 Å². The lowest BCUT2D eigenvalue weighted by atomic mass is 9.78. The first-order valence-electron chi connectivity index (χ1n) is 7.64. The van der Waals surface area contributed by atoms with E-state index in [1.165, 1.54) is 11.8 Å². The summed E-state index contributed by atoms with van der Waals surface area (Å²) in [6.45, 7) is 7.70. The van der Waals surface area contributed by atoms with Crippen LogP contribution in [0.3, 0.4) is 0 Å². The maximum atomic E-state index is 11.6. The Morgan fingerprint density at radius 3 is 2.43 bits per heavy atom. The fraction of sp³-hybridized carbons (Fsp3) is 0.444. The molecule has 5 nitrogen and oxygen atoms in total. The van der Waals surface area contributed by atoms with Crippen molar-refractivity contribution in [3.63, 3.8) is 0 Å². The summed E-state index contributed by atoms with van der Waals surface area (Å²) in [6, 6.07) is 4.90. The molecule has 2 N–H and O–H groups in total. The molecule has 0 fully saturated rings. The van der Waals surface area contributed by atoms with Crippen molar-refractivity contribution in [2.45, 2.75) is 40.2 Å². The predicted molar refractivity (Wildman–Crippen MR) is 88.7 cm³/mol. The van der Waals surface area contributed by atoms with Crippen LogP contribution in [0.4, 0.5) is 4.79 Å². The van der Waals surface area contributed by atoms with Crippen LogP contribution in [-0.2, 0) is 0 Å². The van der Waals surface area contributed by atoms with Crippen molar-refractivity contribution in [1.29, 1.82) is 0 Å². The van der Waals surface area contributed by atoms with Crippen LogP contribution < -0.4 is 0 Å². The largest absolute Gasteiger partial charge is 0.507 e. The molecule has 0 radical (unpaired) electrons. The normalized spacial score (nSPS) is 18.5. The quantitative estimate of drug-likeness (QED) is 0.814. The Morgan fingerprint density at radius 2 is 1.91 bits per heavy atom. The molecule has 1 aliphatic rings. The van der Waals surface area contributed by atoms with Crippen LogP contribution in [-0.4, -0.2) is 39.6 Å². The summed E-state index contributed by atoms with van der Waals surface area (Å²) < 4.78 is 0. The molecule has 1 aromatic carbocycles. The number of benzene rings is 1. The number of Topliss-reactive ketones (excluding diaryl/α,β-unsaturated/α-hetero) is 1. The topological polar surface area (TPSA) is 77.8 Å². The van der Waals surface area contributed by atoms with Gasteiger partial charge in [-0.25, -0.2) is 4.79 Å². The molecule has 23 heavy (non-hydrogen) atoms. The van der Waals surface area contributed by atoms with Crippen molar-refractivity contribution < 1.29 is 19.8 Å². The number of ketones is 1. The van der Waals surface area contributed by atoms with Crippen LogP contribution in [0.15, 0.2) is 24.3 Å². The number of para-hydroxylation sites is 1. The summed E-state index contributed by atoms with van der Waals surface area (Å²) in [5.41, 5.74) is 1.54. The first kappa shape index (κ1) is 17.1. The van der Waals surface area contributed by atoms with Gasteiger partial charge in [-0.15, -0.1) is 0 Å². The molecule has 1 unspecified atom stereocenters. The summed E-state index contributed by atoms with van der Waals surface area (Å²) in [7, 11) is 0. The first-order chi connectivity index (χ1) is 10.6. The van der Waals surface area contributed by atoms with E-state index in [0.717, 1.165) is 5.57 Å². The van der Waals surface area contributed by atoms with Crippen molar-refractivity contribution in [2.24, 2.45) is 5.41 Å². The van der Waals surface area contributed by atoms with Gasteiger partial charge < -0.3 is 15.1 Å². The summed E-state index contributed by atoms with van der Waals surface area (Å²) in [6.07, 6.45) is 1.38. The molecule has 0 aromatic heterocycles. The SMILES string of the molecule is CC(=O)c1cccc(C2=CCN(C(=O)O)C(C(C)(C)C)C2)c1O. The third kappa shape index (κ3) is 3.38. The van der Waals surface area contributed by atoms with Crippen LogP contribution in [0, 0.1) is 5.41 Å². The third-order valence-electron chi connectivity index (χ3n) is 4.33. The lowest BCUT2D eigenvalue weighted by Gasteiger charge is -2.41. The Morgan fingerprint density at radius 1 is 1.26 bits per heavy atom. The molecule has 1 amide bonds. The van der Waals surface area contributed by atoms with Crippen molar-refractivity contribution in [3.8, 4) is 5.75 Å². The molecule has 0 saturated heterocycles. The van der Waals surface area contributed by atoms with Gasteiger partial charge in [0.1, 0.15) is 5.75 Å². The summed E-state index contributed by atoms with van der Waals surface area (Å²) in [4.78, 5) is 24.5. The molecule has 1 heterocycles. The van der Waals surface area contributed by atoms with Crippen LogP contribution in [0.1, 0.15) is 50.0 Å². The van der Waals surface area contributed by atoms with E-state index in [0.29, 0.717) is 12.0 Å². The number of phenols is 1. The van der Waals surface area contributed by atoms with Crippen molar-refractivity contribution >= 4 is 17.4 Å². The van der Waals surface area contributed by atoms with Crippen molar-refractivity contribution in [3.05, 3.63) is 35.4 Å². The van der Waals surface area contributed by atoms with E-state index in [-0.39, 0.29) is 35.1 Å². The minimum absolute atomic E-state index is 0.0253. The van der Waals surface area contributed by atoms with Crippen LogP contribution >= 0.6 is 0 Å². The fourth-order valence-electron chi connectivity index (χ4n) is 3.03. The van der Waals surface area contributed by atoms with Crippen LogP contribution in [0.5, 0.6) is 5.75 Å². The third-order valence-corrected chi connectivity index (χ3v) is 4.33. The highest BCUT2D eigenvalue weighted by atomic mass is 16.4. The van der Waals surface area contributed by atoms with Gasteiger partial charge in [0, 0.05) is 18.2 Å². The standard InChI is InChI=1S/C18H23NO4/c1-11(20)13-6-5-7-14(16(13)21)12-8-9-19(17(22)23)15(10-12)18(2,3)4/h5-8,15,21H,9-10H2,1-4H3,(H,22,23). The van der Waals surface area contributed by atoms with Gasteiger partial charge in [0.25, 0.3) is 0 Å². The highest BCUT2D eigenvalue weighted by Gasteiger charge is 2.36. The Labute approximate surface area is 136 Å². The van der Waals surface area contributed by atoms with E-state index in [2.05, 4.69) is 0 Å². The Balaban J connectivity index is 2.44. The molecule has 0 saturated carbocycles. The molecule has 1 atom stereocenters. The molecule has 1 aromatic rings. The number of hydrogen-bond acceptors (Lipinski definition) is 3. The van der Waals surface area contributed by atoms with Gasteiger partial charge in [0.2, 0.25) is 0 Å². The fourth-order valence-corrected chi connectivity index (χ4v) is 3.03. The van der Waals surface area contributed by atoms with E-state index in [9.17, 15) is 19.8 Å². The summed E-state index contributed by atoms with van der Waals surface area (Å²) >= 11 is 0. The number of carboxylic acid groups (broad SMARTS) is 1. The smallest absolute Gasteiger partial charge is 0.407 e. The van der Waals surface area contributed by atoms with Gasteiger partial charge in [-0.3, -0.25) is 4.79 Å². The van der Waals surface area contributed by atoms with E-state index in [4.69, 9.17) is 0 Å². The number of rotatable bonds is 2. The zero-order valence-electron chi connectivity index (χ0n) is 14.0. The van der Waals surface area contributed by atoms with Gasteiger partial charge in [0.05, 0.1) is 5.56 Å². The molecule has 2 rings (SSSR count). The maximum absolute atomic E-state index is 11.6. The number of nitrogens with zero attached hydrogens (tertiary/aromatic N) is 1. The zero-order chi connectivity index (χ0) is 17.4. The Bertz CT molecular complexity index is 670. The zero-order valence-corrected chi connectivity index (χ0v) is 14.0. The van der Waals surface area contributed by atoms with Crippen molar-refractivity contribution in [2.75, 3.05) is 6.54 Å².